The maximum atomic E-state index is 12.2. The Morgan fingerprint density at radius 3 is 2.54 bits per heavy atom. The number of carboxylic acid groups (broad SMARTS) is 1. The van der Waals surface area contributed by atoms with E-state index in [1.807, 2.05) is 38.1 Å². The van der Waals surface area contributed by atoms with Crippen LogP contribution >= 0.6 is 0 Å². The van der Waals surface area contributed by atoms with Crippen LogP contribution in [0.1, 0.15) is 38.2 Å². The van der Waals surface area contributed by atoms with E-state index in [4.69, 9.17) is 33.2 Å². The highest BCUT2D eigenvalue weighted by Crippen LogP contribution is 2.39. The lowest BCUT2D eigenvalue weighted by atomic mass is 9.95. The van der Waals surface area contributed by atoms with Gasteiger partial charge in [-0.15, -0.1) is 0 Å². The monoisotopic (exact) mass is 543 g/mol. The highest BCUT2D eigenvalue weighted by molar-refractivity contribution is 5.73. The van der Waals surface area contributed by atoms with Gasteiger partial charge in [0.15, 0.2) is 6.29 Å². The molecule has 210 valence electrons. The Morgan fingerprint density at radius 1 is 1.10 bits per heavy atom. The topological polar surface area (TPSA) is 131 Å². The molecule has 0 saturated carbocycles. The average molecular weight is 544 g/mol. The largest absolute Gasteiger partial charge is 0.497 e. The first kappa shape index (κ1) is 27.2. The summed E-state index contributed by atoms with van der Waals surface area (Å²) in [6.45, 7) is 4.90. The Morgan fingerprint density at radius 2 is 1.85 bits per heavy atom. The van der Waals surface area contributed by atoms with Gasteiger partial charge >= 0.3 is 5.97 Å². The number of fused-ring (bicyclic) bond motifs is 2. The Hall–Kier alpha value is -3.38. The SMILES string of the molecule is COc1ccc(C2OCC3OC(Oc4ccc5c(c4)OC(C)(C)C5)C(NC(C)=O)C(OCC(=O)O)C3O2)cc1. The van der Waals surface area contributed by atoms with Crippen LogP contribution in [0.5, 0.6) is 17.2 Å². The summed E-state index contributed by atoms with van der Waals surface area (Å²) in [5.41, 5.74) is 1.49. The molecule has 2 aromatic rings. The summed E-state index contributed by atoms with van der Waals surface area (Å²) in [6.07, 6.45) is -3.34. The molecule has 5 rings (SSSR count). The number of aliphatic carboxylic acids is 1. The Balaban J connectivity index is 1.40. The zero-order valence-electron chi connectivity index (χ0n) is 22.2. The Kier molecular flexibility index (Phi) is 7.68. The number of nitrogens with one attached hydrogen (secondary N) is 1. The maximum Gasteiger partial charge on any atom is 0.329 e. The van der Waals surface area contributed by atoms with Gasteiger partial charge < -0.3 is 43.6 Å². The normalized spacial score (nSPS) is 28.9. The van der Waals surface area contributed by atoms with Crippen molar-refractivity contribution in [1.82, 2.24) is 5.32 Å². The number of carboxylic acids is 1. The van der Waals surface area contributed by atoms with Crippen LogP contribution in [0.25, 0.3) is 0 Å². The van der Waals surface area contributed by atoms with Gasteiger partial charge in [0.2, 0.25) is 12.2 Å². The smallest absolute Gasteiger partial charge is 0.329 e. The first-order valence-electron chi connectivity index (χ1n) is 12.8. The number of amides is 1. The Labute approximate surface area is 226 Å². The van der Waals surface area contributed by atoms with E-state index in [0.717, 1.165) is 17.5 Å². The van der Waals surface area contributed by atoms with E-state index in [1.165, 1.54) is 6.92 Å². The minimum Gasteiger partial charge on any atom is -0.497 e. The molecule has 2 fully saturated rings. The van der Waals surface area contributed by atoms with E-state index in [2.05, 4.69) is 5.32 Å². The Bertz CT molecular complexity index is 1200. The summed E-state index contributed by atoms with van der Waals surface area (Å²) in [5.74, 6) is 0.345. The second-order valence-corrected chi connectivity index (χ2v) is 10.4. The summed E-state index contributed by atoms with van der Waals surface area (Å²) >= 11 is 0. The molecule has 2 N–H and O–H groups in total. The third-order valence-electron chi connectivity index (χ3n) is 6.79. The van der Waals surface area contributed by atoms with Crippen molar-refractivity contribution in [2.45, 2.75) is 69.7 Å². The van der Waals surface area contributed by atoms with Gasteiger partial charge in [0.05, 0.1) is 13.7 Å². The van der Waals surface area contributed by atoms with Crippen LogP contribution in [0.15, 0.2) is 42.5 Å². The lowest BCUT2D eigenvalue weighted by Gasteiger charge is -2.49. The highest BCUT2D eigenvalue weighted by Gasteiger charge is 2.52. The molecule has 2 saturated heterocycles. The maximum absolute atomic E-state index is 12.2. The van der Waals surface area contributed by atoms with Crippen molar-refractivity contribution < 1.29 is 47.9 Å². The molecule has 0 spiro atoms. The lowest BCUT2D eigenvalue weighted by Crippen LogP contribution is -2.68. The van der Waals surface area contributed by atoms with Gasteiger partial charge in [-0.25, -0.2) is 4.79 Å². The van der Waals surface area contributed by atoms with Crippen LogP contribution in [0.3, 0.4) is 0 Å². The van der Waals surface area contributed by atoms with Gasteiger partial charge in [0.1, 0.15) is 53.8 Å². The van der Waals surface area contributed by atoms with Crippen molar-refractivity contribution in [3.8, 4) is 17.2 Å². The van der Waals surface area contributed by atoms with Crippen LogP contribution in [0, 0.1) is 0 Å². The van der Waals surface area contributed by atoms with Crippen molar-refractivity contribution in [2.75, 3.05) is 20.3 Å². The molecule has 2 aromatic carbocycles. The number of rotatable bonds is 8. The molecular formula is C28H33NO10. The van der Waals surface area contributed by atoms with Crippen molar-refractivity contribution in [3.63, 3.8) is 0 Å². The van der Waals surface area contributed by atoms with Gasteiger partial charge in [-0.2, -0.15) is 0 Å². The summed E-state index contributed by atoms with van der Waals surface area (Å²) in [6, 6.07) is 11.8. The third kappa shape index (κ3) is 6.11. The summed E-state index contributed by atoms with van der Waals surface area (Å²) in [7, 11) is 1.58. The number of ether oxygens (including phenoxy) is 7. The van der Waals surface area contributed by atoms with Gasteiger partial charge in [0.25, 0.3) is 0 Å². The van der Waals surface area contributed by atoms with E-state index in [0.29, 0.717) is 17.2 Å². The second-order valence-electron chi connectivity index (χ2n) is 10.4. The molecule has 11 heteroatoms. The van der Waals surface area contributed by atoms with E-state index in [-0.39, 0.29) is 18.1 Å². The lowest BCUT2D eigenvalue weighted by molar-refractivity contribution is -0.337. The van der Waals surface area contributed by atoms with Crippen molar-refractivity contribution >= 4 is 11.9 Å². The molecule has 1 amide bonds. The molecule has 0 bridgehead atoms. The molecule has 39 heavy (non-hydrogen) atoms. The minimum atomic E-state index is -1.16. The molecule has 0 radical (unpaired) electrons. The van der Waals surface area contributed by atoms with E-state index >= 15 is 0 Å². The fraction of sp³-hybridized carbons (Fsp3) is 0.500. The first-order valence-corrected chi connectivity index (χ1v) is 12.8. The second kappa shape index (κ2) is 11.0. The van der Waals surface area contributed by atoms with Crippen molar-refractivity contribution in [1.29, 1.82) is 0 Å². The van der Waals surface area contributed by atoms with Crippen LogP contribution in [0.4, 0.5) is 0 Å². The molecule has 3 aliphatic rings. The molecule has 0 aromatic heterocycles. The summed E-state index contributed by atoms with van der Waals surface area (Å²) < 4.78 is 41.7. The molecule has 3 aliphatic heterocycles. The number of benzene rings is 2. The van der Waals surface area contributed by atoms with E-state index in [9.17, 15) is 14.7 Å². The quantitative estimate of drug-likeness (QED) is 0.512. The van der Waals surface area contributed by atoms with Crippen molar-refractivity contribution in [3.05, 3.63) is 53.6 Å². The fourth-order valence-corrected chi connectivity index (χ4v) is 5.13. The zero-order valence-corrected chi connectivity index (χ0v) is 22.2. The molecule has 6 atom stereocenters. The number of carbonyl (C=O) groups excluding carboxylic acids is 1. The predicted molar refractivity (Wildman–Crippen MR) is 136 cm³/mol. The minimum absolute atomic E-state index is 0.127. The molecule has 6 unspecified atom stereocenters. The summed E-state index contributed by atoms with van der Waals surface area (Å²) in [5, 5.41) is 12.2. The predicted octanol–water partition coefficient (Wildman–Crippen LogP) is 2.60. The fourth-order valence-electron chi connectivity index (χ4n) is 5.13. The van der Waals surface area contributed by atoms with E-state index < -0.39 is 49.5 Å². The first-order chi connectivity index (χ1) is 18.6. The van der Waals surface area contributed by atoms with Gasteiger partial charge in [-0.05, 0) is 37.6 Å². The van der Waals surface area contributed by atoms with Gasteiger partial charge in [0, 0.05) is 25.0 Å². The van der Waals surface area contributed by atoms with Crippen LogP contribution in [-0.2, 0) is 35.0 Å². The molecule has 11 nitrogen and oxygen atoms in total. The van der Waals surface area contributed by atoms with Crippen LogP contribution in [0.2, 0.25) is 0 Å². The number of hydrogen-bond acceptors (Lipinski definition) is 9. The average Bonchev–Trinajstić information content (AvgIpc) is 3.21. The van der Waals surface area contributed by atoms with Crippen LogP contribution < -0.4 is 19.5 Å². The van der Waals surface area contributed by atoms with Crippen LogP contribution in [-0.4, -0.2) is 73.6 Å². The standard InChI is InChI=1S/C28H33NO10/c1-15(30)29-23-25(34-14-22(31)32)24-21(13-35-26(38-24)16-5-8-18(33-4)9-6-16)37-27(23)36-19-10-7-17-12-28(2,3)39-20(17)11-19/h5-11,21,23-27H,12-14H2,1-4H3,(H,29,30)(H,31,32). The van der Waals surface area contributed by atoms with Crippen molar-refractivity contribution in [2.24, 2.45) is 0 Å². The molecular weight excluding hydrogens is 510 g/mol. The molecule has 0 aliphatic carbocycles. The van der Waals surface area contributed by atoms with Gasteiger partial charge in [-0.3, -0.25) is 4.79 Å². The number of methoxy groups -OCH3 is 1. The van der Waals surface area contributed by atoms with Gasteiger partial charge in [-0.1, -0.05) is 18.2 Å². The summed E-state index contributed by atoms with van der Waals surface area (Å²) in [4.78, 5) is 23.7. The molecule has 3 heterocycles. The van der Waals surface area contributed by atoms with E-state index in [1.54, 1.807) is 25.3 Å². The highest BCUT2D eigenvalue weighted by atomic mass is 16.8. The number of hydrogen-bond donors (Lipinski definition) is 2. The third-order valence-corrected chi connectivity index (χ3v) is 6.79. The number of carbonyl (C=O) groups is 2. The zero-order chi connectivity index (χ0) is 27.7.